The summed E-state index contributed by atoms with van der Waals surface area (Å²) in [5, 5.41) is 8.96. The Labute approximate surface area is 118 Å². The predicted molar refractivity (Wildman–Crippen MR) is 81.0 cm³/mol. The SMILES string of the molecule is Cc1cc(C)cc(CSc2ccc(N)c(C#N)c2)c1. The highest BCUT2D eigenvalue weighted by molar-refractivity contribution is 7.98. The molecule has 0 fully saturated rings. The topological polar surface area (TPSA) is 49.8 Å². The number of rotatable bonds is 3. The molecule has 0 aliphatic heterocycles. The smallest absolute Gasteiger partial charge is 0.101 e. The number of nitrogen functional groups attached to an aromatic ring is 1. The largest absolute Gasteiger partial charge is 0.398 e. The van der Waals surface area contributed by atoms with Crippen LogP contribution in [-0.4, -0.2) is 0 Å². The van der Waals surface area contributed by atoms with E-state index in [4.69, 9.17) is 11.0 Å². The molecule has 2 N–H and O–H groups in total. The summed E-state index contributed by atoms with van der Waals surface area (Å²) in [5.41, 5.74) is 10.7. The van der Waals surface area contributed by atoms with Gasteiger partial charge in [-0.3, -0.25) is 0 Å². The summed E-state index contributed by atoms with van der Waals surface area (Å²) in [6, 6.07) is 14.3. The van der Waals surface area contributed by atoms with Gasteiger partial charge in [-0.1, -0.05) is 29.3 Å². The van der Waals surface area contributed by atoms with Gasteiger partial charge in [-0.2, -0.15) is 5.26 Å². The second-order valence-electron chi connectivity index (χ2n) is 4.65. The van der Waals surface area contributed by atoms with E-state index in [2.05, 4.69) is 38.1 Å². The Bertz CT molecular complexity index is 621. The molecule has 0 radical (unpaired) electrons. The van der Waals surface area contributed by atoms with Crippen molar-refractivity contribution in [3.05, 3.63) is 58.7 Å². The third-order valence-electron chi connectivity index (χ3n) is 2.83. The second kappa shape index (κ2) is 5.81. The number of thioether (sulfide) groups is 1. The molecule has 0 heterocycles. The Balaban J connectivity index is 2.12. The van der Waals surface area contributed by atoms with Gasteiger partial charge in [0.05, 0.1) is 5.56 Å². The molecule has 0 saturated carbocycles. The maximum Gasteiger partial charge on any atom is 0.101 e. The van der Waals surface area contributed by atoms with E-state index in [-0.39, 0.29) is 0 Å². The number of aryl methyl sites for hydroxylation is 2. The van der Waals surface area contributed by atoms with E-state index in [0.29, 0.717) is 11.3 Å². The zero-order valence-corrected chi connectivity index (χ0v) is 11.9. The van der Waals surface area contributed by atoms with Crippen molar-refractivity contribution in [3.8, 4) is 6.07 Å². The van der Waals surface area contributed by atoms with Crippen molar-refractivity contribution in [3.63, 3.8) is 0 Å². The van der Waals surface area contributed by atoms with Crippen molar-refractivity contribution in [1.82, 2.24) is 0 Å². The summed E-state index contributed by atoms with van der Waals surface area (Å²) < 4.78 is 0. The van der Waals surface area contributed by atoms with Crippen LogP contribution in [0.2, 0.25) is 0 Å². The van der Waals surface area contributed by atoms with Gasteiger partial charge in [0.1, 0.15) is 6.07 Å². The quantitative estimate of drug-likeness (QED) is 0.675. The van der Waals surface area contributed by atoms with Gasteiger partial charge in [-0.15, -0.1) is 11.8 Å². The lowest BCUT2D eigenvalue weighted by atomic mass is 10.1. The van der Waals surface area contributed by atoms with E-state index < -0.39 is 0 Å². The van der Waals surface area contributed by atoms with Crippen LogP contribution in [0.3, 0.4) is 0 Å². The lowest BCUT2D eigenvalue weighted by Crippen LogP contribution is -1.90. The first-order valence-corrected chi connectivity index (χ1v) is 7.06. The highest BCUT2D eigenvalue weighted by Gasteiger charge is 2.02. The van der Waals surface area contributed by atoms with E-state index >= 15 is 0 Å². The molecule has 0 unspecified atom stereocenters. The van der Waals surface area contributed by atoms with Crippen LogP contribution >= 0.6 is 11.8 Å². The van der Waals surface area contributed by atoms with Crippen molar-refractivity contribution in [2.75, 3.05) is 5.73 Å². The van der Waals surface area contributed by atoms with Crippen LogP contribution in [0.4, 0.5) is 5.69 Å². The van der Waals surface area contributed by atoms with Crippen molar-refractivity contribution in [2.45, 2.75) is 24.5 Å². The molecule has 0 atom stereocenters. The number of nitrogens with two attached hydrogens (primary N) is 1. The third-order valence-corrected chi connectivity index (χ3v) is 3.90. The molecule has 19 heavy (non-hydrogen) atoms. The number of nitrogens with zero attached hydrogens (tertiary/aromatic N) is 1. The Morgan fingerprint density at radius 3 is 2.42 bits per heavy atom. The molecule has 0 saturated heterocycles. The minimum absolute atomic E-state index is 0.540. The molecule has 0 spiro atoms. The van der Waals surface area contributed by atoms with Gasteiger partial charge in [0.2, 0.25) is 0 Å². The van der Waals surface area contributed by atoms with Crippen LogP contribution in [0.25, 0.3) is 0 Å². The van der Waals surface area contributed by atoms with E-state index in [9.17, 15) is 0 Å². The Morgan fingerprint density at radius 2 is 1.79 bits per heavy atom. The number of hydrogen-bond acceptors (Lipinski definition) is 3. The van der Waals surface area contributed by atoms with Crippen LogP contribution in [0.5, 0.6) is 0 Å². The molecule has 2 aromatic rings. The van der Waals surface area contributed by atoms with Gasteiger partial charge in [-0.05, 0) is 37.6 Å². The van der Waals surface area contributed by atoms with Crippen LogP contribution in [-0.2, 0) is 5.75 Å². The Hall–Kier alpha value is -1.92. The van der Waals surface area contributed by atoms with Gasteiger partial charge in [0.15, 0.2) is 0 Å². The number of anilines is 1. The number of hydrogen-bond donors (Lipinski definition) is 1. The van der Waals surface area contributed by atoms with Gasteiger partial charge in [-0.25, -0.2) is 0 Å². The van der Waals surface area contributed by atoms with E-state index in [1.165, 1.54) is 16.7 Å². The Morgan fingerprint density at radius 1 is 1.11 bits per heavy atom. The summed E-state index contributed by atoms with van der Waals surface area (Å²) in [7, 11) is 0. The van der Waals surface area contributed by atoms with Crippen molar-refractivity contribution in [2.24, 2.45) is 0 Å². The first-order valence-electron chi connectivity index (χ1n) is 6.08. The monoisotopic (exact) mass is 268 g/mol. The molecule has 2 nitrogen and oxygen atoms in total. The van der Waals surface area contributed by atoms with Crippen molar-refractivity contribution < 1.29 is 0 Å². The molecule has 2 rings (SSSR count). The first-order chi connectivity index (χ1) is 9.08. The first kappa shape index (κ1) is 13.5. The fraction of sp³-hybridized carbons (Fsp3) is 0.188. The molecule has 0 aliphatic rings. The molecule has 3 heteroatoms. The van der Waals surface area contributed by atoms with Crippen LogP contribution in [0.15, 0.2) is 41.3 Å². The molecule has 0 bridgehead atoms. The van der Waals surface area contributed by atoms with Crippen LogP contribution in [0, 0.1) is 25.2 Å². The zero-order chi connectivity index (χ0) is 13.8. The fourth-order valence-corrected chi connectivity index (χ4v) is 2.91. The molecular weight excluding hydrogens is 252 g/mol. The zero-order valence-electron chi connectivity index (χ0n) is 11.1. The lowest BCUT2D eigenvalue weighted by Gasteiger charge is -2.06. The fourth-order valence-electron chi connectivity index (χ4n) is 2.04. The van der Waals surface area contributed by atoms with Gasteiger partial charge in [0.25, 0.3) is 0 Å². The van der Waals surface area contributed by atoms with E-state index in [1.54, 1.807) is 17.8 Å². The minimum Gasteiger partial charge on any atom is -0.398 e. The lowest BCUT2D eigenvalue weighted by molar-refractivity contribution is 1.29. The highest BCUT2D eigenvalue weighted by atomic mass is 32.2. The summed E-state index contributed by atoms with van der Waals surface area (Å²) in [6.07, 6.45) is 0. The number of nitriles is 1. The second-order valence-corrected chi connectivity index (χ2v) is 5.69. The van der Waals surface area contributed by atoms with Gasteiger partial charge < -0.3 is 5.73 Å². The predicted octanol–water partition coefficient (Wildman–Crippen LogP) is 4.05. The summed E-state index contributed by atoms with van der Waals surface area (Å²) in [4.78, 5) is 1.07. The third kappa shape index (κ3) is 3.52. The van der Waals surface area contributed by atoms with Crippen LogP contribution < -0.4 is 5.73 Å². The standard InChI is InChI=1S/C16H16N2S/c1-11-5-12(2)7-13(6-11)10-19-15-3-4-16(18)14(8-15)9-17/h3-8H,10,18H2,1-2H3. The van der Waals surface area contributed by atoms with Gasteiger partial charge in [0, 0.05) is 16.3 Å². The molecule has 0 amide bonds. The van der Waals surface area contributed by atoms with E-state index in [1.807, 2.05) is 12.1 Å². The summed E-state index contributed by atoms with van der Waals surface area (Å²) in [6.45, 7) is 4.22. The molecule has 96 valence electrons. The maximum absolute atomic E-state index is 8.96. The Kier molecular flexibility index (Phi) is 4.13. The van der Waals surface area contributed by atoms with E-state index in [0.717, 1.165) is 10.6 Å². The molecule has 2 aromatic carbocycles. The van der Waals surface area contributed by atoms with Crippen molar-refractivity contribution >= 4 is 17.4 Å². The van der Waals surface area contributed by atoms with Crippen molar-refractivity contribution in [1.29, 1.82) is 5.26 Å². The normalized spacial score (nSPS) is 10.2. The minimum atomic E-state index is 0.540. The molecular formula is C16H16N2S. The summed E-state index contributed by atoms with van der Waals surface area (Å²) in [5.74, 6) is 0.900. The average molecular weight is 268 g/mol. The molecule has 0 aromatic heterocycles. The highest BCUT2D eigenvalue weighted by Crippen LogP contribution is 2.26. The van der Waals surface area contributed by atoms with Gasteiger partial charge >= 0.3 is 0 Å². The number of benzene rings is 2. The maximum atomic E-state index is 8.96. The molecule has 0 aliphatic carbocycles. The van der Waals surface area contributed by atoms with Crippen LogP contribution in [0.1, 0.15) is 22.3 Å². The average Bonchev–Trinajstić information content (AvgIpc) is 2.36. The summed E-state index contributed by atoms with van der Waals surface area (Å²) >= 11 is 1.72.